The summed E-state index contributed by atoms with van der Waals surface area (Å²) in [5.74, 6) is 0.230. The maximum Gasteiger partial charge on any atom is 0.365 e. The van der Waals surface area contributed by atoms with Gasteiger partial charge in [-0.3, -0.25) is 0 Å². The third kappa shape index (κ3) is 2.48. The summed E-state index contributed by atoms with van der Waals surface area (Å²) in [7, 11) is 4.90. The Balaban J connectivity index is 2.50. The monoisotopic (exact) mass is 346 g/mol. The van der Waals surface area contributed by atoms with Crippen molar-refractivity contribution < 1.29 is 9.13 Å². The molecule has 0 amide bonds. The number of tetrazole rings is 1. The molecule has 0 spiro atoms. The second kappa shape index (κ2) is 4.86. The van der Waals surface area contributed by atoms with Gasteiger partial charge in [0, 0.05) is 0 Å². The third-order valence-corrected chi connectivity index (χ3v) is 2.97. The Labute approximate surface area is 110 Å². The summed E-state index contributed by atoms with van der Waals surface area (Å²) in [4.78, 5) is 11.3. The van der Waals surface area contributed by atoms with E-state index in [1.807, 2.05) is 22.6 Å². The topological polar surface area (TPSA) is 72.8 Å². The van der Waals surface area contributed by atoms with Crippen LogP contribution < -0.4 is 10.4 Å². The van der Waals surface area contributed by atoms with Gasteiger partial charge in [-0.25, -0.2) is 14.3 Å². The van der Waals surface area contributed by atoms with Crippen LogP contribution in [-0.2, 0) is 0 Å². The number of alkyl halides is 1. The van der Waals surface area contributed by atoms with Crippen LogP contribution in [0.4, 0.5) is 4.39 Å². The molecule has 1 heterocycles. The molecule has 1 N–H and O–H groups in total. The number of nitrogens with one attached hydrogen (secondary N) is 1. The maximum absolute atomic E-state index is 12.6. The Morgan fingerprint density at radius 2 is 2.35 bits per heavy atom. The minimum Gasteiger partial charge on any atom is -0.469 e. The van der Waals surface area contributed by atoms with Crippen molar-refractivity contribution in [3.05, 3.63) is 32.3 Å². The van der Waals surface area contributed by atoms with E-state index in [9.17, 15) is 9.18 Å². The number of aromatic nitrogens is 4. The van der Waals surface area contributed by atoms with E-state index in [1.165, 1.54) is 6.07 Å². The number of hydrogen-bond acceptors (Lipinski definition) is 4. The molecule has 0 fully saturated rings. The van der Waals surface area contributed by atoms with Crippen LogP contribution in [0.3, 0.4) is 0 Å². The van der Waals surface area contributed by atoms with E-state index < -0.39 is 11.9 Å². The van der Waals surface area contributed by atoms with Crippen molar-refractivity contribution in [3.8, 4) is 11.4 Å². The zero-order valence-electron chi connectivity index (χ0n) is 8.30. The Morgan fingerprint density at radius 1 is 1.59 bits per heavy atom. The average Bonchev–Trinajstić information content (AvgIpc) is 2.67. The minimum absolute atomic E-state index is 0.230. The molecular weight excluding hydrogens is 341 g/mol. The molecule has 0 aliphatic heterocycles. The quantitative estimate of drug-likeness (QED) is 0.644. The molecule has 2 radical (unpaired) electrons. The Morgan fingerprint density at radius 3 is 2.94 bits per heavy atom. The highest BCUT2D eigenvalue weighted by Crippen LogP contribution is 2.26. The molecule has 0 bridgehead atoms. The summed E-state index contributed by atoms with van der Waals surface area (Å²) < 4.78 is 18.9. The van der Waals surface area contributed by atoms with Crippen molar-refractivity contribution >= 4 is 30.4 Å². The Hall–Kier alpha value is -1.39. The van der Waals surface area contributed by atoms with E-state index in [0.717, 1.165) is 4.68 Å². The fraction of sp³-hybridized carbons (Fsp3) is 0.125. The standard InChI is InChI=1S/C8H5BFIN4O2/c9-7(10)17-5-3-1-2-4(6(5)11)15-8(16)12-13-14-15/h1-3,7H,(H,12,14,16). The molecule has 9 heteroatoms. The largest absolute Gasteiger partial charge is 0.469 e. The van der Waals surface area contributed by atoms with Crippen molar-refractivity contribution in [2.45, 2.75) is 6.26 Å². The molecule has 17 heavy (non-hydrogen) atoms. The molecular formula is C8H5BFIN4O2. The zero-order chi connectivity index (χ0) is 12.4. The summed E-state index contributed by atoms with van der Waals surface area (Å²) in [5.41, 5.74) is -0.0629. The van der Waals surface area contributed by atoms with Crippen molar-refractivity contribution in [2.24, 2.45) is 0 Å². The second-order valence-corrected chi connectivity index (χ2v) is 4.06. The van der Waals surface area contributed by atoms with Crippen LogP contribution >= 0.6 is 22.6 Å². The minimum atomic E-state index is -1.92. The van der Waals surface area contributed by atoms with Crippen molar-refractivity contribution in [1.29, 1.82) is 0 Å². The van der Waals surface area contributed by atoms with E-state index in [4.69, 9.17) is 12.6 Å². The molecule has 0 aliphatic carbocycles. The van der Waals surface area contributed by atoms with Gasteiger partial charge in [-0.2, -0.15) is 4.68 Å². The van der Waals surface area contributed by atoms with Gasteiger partial charge in [0.15, 0.2) is 14.1 Å². The lowest BCUT2D eigenvalue weighted by Gasteiger charge is -2.11. The molecule has 0 saturated carbocycles. The molecule has 2 aromatic rings. The van der Waals surface area contributed by atoms with Gasteiger partial charge in [0.05, 0.1) is 9.26 Å². The van der Waals surface area contributed by atoms with E-state index in [-0.39, 0.29) is 5.75 Å². The number of ether oxygens (including phenoxy) is 1. The van der Waals surface area contributed by atoms with Gasteiger partial charge in [-0.05, 0) is 45.2 Å². The van der Waals surface area contributed by atoms with Crippen LogP contribution in [0.25, 0.3) is 5.69 Å². The first kappa shape index (κ1) is 12.1. The van der Waals surface area contributed by atoms with Crippen LogP contribution in [0.5, 0.6) is 5.75 Å². The number of halogens is 2. The Kier molecular flexibility index (Phi) is 3.45. The van der Waals surface area contributed by atoms with Gasteiger partial charge in [-0.1, -0.05) is 6.07 Å². The number of H-pyrrole nitrogens is 1. The smallest absolute Gasteiger partial charge is 0.365 e. The molecule has 86 valence electrons. The highest BCUT2D eigenvalue weighted by molar-refractivity contribution is 14.1. The van der Waals surface area contributed by atoms with E-state index in [0.29, 0.717) is 9.26 Å². The third-order valence-electron chi connectivity index (χ3n) is 1.88. The van der Waals surface area contributed by atoms with E-state index in [1.54, 1.807) is 12.1 Å². The van der Waals surface area contributed by atoms with Crippen LogP contribution in [0.2, 0.25) is 0 Å². The van der Waals surface area contributed by atoms with Crippen LogP contribution in [0, 0.1) is 3.57 Å². The Bertz CT molecular complexity index is 585. The highest BCUT2D eigenvalue weighted by Gasteiger charge is 2.13. The van der Waals surface area contributed by atoms with Crippen molar-refractivity contribution in [1.82, 2.24) is 20.2 Å². The summed E-state index contributed by atoms with van der Waals surface area (Å²) in [5, 5.41) is 9.10. The molecule has 1 unspecified atom stereocenters. The van der Waals surface area contributed by atoms with Gasteiger partial charge in [-0.15, -0.1) is 0 Å². The van der Waals surface area contributed by atoms with Crippen molar-refractivity contribution in [3.63, 3.8) is 0 Å². The predicted molar refractivity (Wildman–Crippen MR) is 66.0 cm³/mol. The number of aromatic amines is 1. The van der Waals surface area contributed by atoms with Crippen LogP contribution in [-0.4, -0.2) is 34.3 Å². The van der Waals surface area contributed by atoms with Crippen LogP contribution in [0.1, 0.15) is 0 Å². The number of benzene rings is 1. The maximum atomic E-state index is 12.6. The molecule has 0 aliphatic rings. The summed E-state index contributed by atoms with van der Waals surface area (Å²) in [6, 6.07) is 4.76. The molecule has 1 aromatic carbocycles. The molecule has 0 saturated heterocycles. The first-order chi connectivity index (χ1) is 8.09. The molecule has 1 aromatic heterocycles. The first-order valence-corrected chi connectivity index (χ1v) is 5.53. The summed E-state index contributed by atoms with van der Waals surface area (Å²) >= 11 is 1.90. The second-order valence-electron chi connectivity index (χ2n) is 2.98. The lowest BCUT2D eigenvalue weighted by Crippen LogP contribution is -2.18. The predicted octanol–water partition coefficient (Wildman–Crippen LogP) is 0.361. The van der Waals surface area contributed by atoms with Crippen molar-refractivity contribution in [2.75, 3.05) is 0 Å². The van der Waals surface area contributed by atoms with Gasteiger partial charge >= 0.3 is 5.69 Å². The van der Waals surface area contributed by atoms with Gasteiger partial charge < -0.3 is 4.74 Å². The lowest BCUT2D eigenvalue weighted by atomic mass is 10.2. The van der Waals surface area contributed by atoms with E-state index in [2.05, 4.69) is 15.5 Å². The van der Waals surface area contributed by atoms with E-state index >= 15 is 0 Å². The number of hydrogen-bond donors (Lipinski definition) is 1. The number of rotatable bonds is 3. The molecule has 2 rings (SSSR count). The van der Waals surface area contributed by atoms with Gasteiger partial charge in [0.25, 0.3) is 0 Å². The fourth-order valence-electron chi connectivity index (χ4n) is 1.23. The summed E-state index contributed by atoms with van der Waals surface area (Å²) in [6.45, 7) is 0. The normalized spacial score (nSPS) is 12.4. The van der Waals surface area contributed by atoms with Gasteiger partial charge in [0.2, 0.25) is 0 Å². The van der Waals surface area contributed by atoms with Gasteiger partial charge in [0.1, 0.15) is 5.75 Å². The summed E-state index contributed by atoms with van der Waals surface area (Å²) in [6.07, 6.45) is -1.92. The van der Waals surface area contributed by atoms with Crippen LogP contribution in [0.15, 0.2) is 23.0 Å². The highest BCUT2D eigenvalue weighted by atomic mass is 127. The molecule has 6 nitrogen and oxygen atoms in total. The average molecular weight is 346 g/mol. The zero-order valence-corrected chi connectivity index (χ0v) is 10.5. The first-order valence-electron chi connectivity index (χ1n) is 4.45. The molecule has 1 atom stereocenters. The fourth-order valence-corrected chi connectivity index (χ4v) is 1.95. The lowest BCUT2D eigenvalue weighted by molar-refractivity contribution is 0.145. The number of nitrogens with zero attached hydrogens (tertiary/aromatic N) is 3. The SMILES string of the molecule is [B]C(F)Oc1cccc(-n2nn[nH]c2=O)c1I.